The third-order valence-electron chi connectivity index (χ3n) is 3.81. The van der Waals surface area contributed by atoms with Gasteiger partial charge in [0, 0.05) is 38.2 Å². The van der Waals surface area contributed by atoms with Crippen LogP contribution in [0.25, 0.3) is 0 Å². The molecule has 0 aromatic heterocycles. The highest BCUT2D eigenvalue weighted by atomic mass is 16.3. The number of carbonyl (C=O) groups is 2. The van der Waals surface area contributed by atoms with Crippen molar-refractivity contribution in [3.8, 4) is 5.75 Å². The molecule has 0 radical (unpaired) electrons. The SMILES string of the molecule is CC(C)CC(=O)N1CCCN(C(=O)c2cccc(O)c2)CC1. The number of carbonyl (C=O) groups excluding carboxylic acids is 2. The van der Waals surface area contributed by atoms with Crippen molar-refractivity contribution in [2.45, 2.75) is 26.7 Å². The van der Waals surface area contributed by atoms with Gasteiger partial charge in [0.1, 0.15) is 5.75 Å². The molecular weight excluding hydrogens is 280 g/mol. The zero-order chi connectivity index (χ0) is 16.1. The average molecular weight is 304 g/mol. The molecule has 1 aromatic carbocycles. The van der Waals surface area contributed by atoms with Gasteiger partial charge in [0.15, 0.2) is 0 Å². The quantitative estimate of drug-likeness (QED) is 0.930. The minimum atomic E-state index is -0.0888. The lowest BCUT2D eigenvalue weighted by Gasteiger charge is -2.23. The summed E-state index contributed by atoms with van der Waals surface area (Å²) in [6.07, 6.45) is 1.34. The maximum absolute atomic E-state index is 12.5. The van der Waals surface area contributed by atoms with Crippen LogP contribution in [0.4, 0.5) is 0 Å². The van der Waals surface area contributed by atoms with Crippen molar-refractivity contribution >= 4 is 11.8 Å². The Bertz CT molecular complexity index is 542. The first kappa shape index (κ1) is 16.3. The molecule has 22 heavy (non-hydrogen) atoms. The molecule has 1 N–H and O–H groups in total. The lowest BCUT2D eigenvalue weighted by molar-refractivity contribution is -0.131. The predicted molar refractivity (Wildman–Crippen MR) is 84.7 cm³/mol. The number of benzene rings is 1. The molecule has 120 valence electrons. The molecule has 5 heteroatoms. The van der Waals surface area contributed by atoms with Crippen LogP contribution in [0.3, 0.4) is 0 Å². The summed E-state index contributed by atoms with van der Waals surface area (Å²) in [4.78, 5) is 28.2. The molecule has 0 atom stereocenters. The largest absolute Gasteiger partial charge is 0.508 e. The van der Waals surface area contributed by atoms with Crippen molar-refractivity contribution < 1.29 is 14.7 Å². The highest BCUT2D eigenvalue weighted by molar-refractivity contribution is 5.94. The van der Waals surface area contributed by atoms with E-state index in [0.29, 0.717) is 44.1 Å². The molecule has 1 aliphatic rings. The van der Waals surface area contributed by atoms with Crippen molar-refractivity contribution in [2.24, 2.45) is 5.92 Å². The van der Waals surface area contributed by atoms with Crippen LogP contribution in [-0.4, -0.2) is 52.9 Å². The number of phenolic OH excluding ortho intramolecular Hbond substituents is 1. The molecule has 0 bridgehead atoms. The van der Waals surface area contributed by atoms with Crippen LogP contribution in [0.15, 0.2) is 24.3 Å². The van der Waals surface area contributed by atoms with Crippen LogP contribution in [-0.2, 0) is 4.79 Å². The van der Waals surface area contributed by atoms with E-state index in [2.05, 4.69) is 0 Å². The summed E-state index contributed by atoms with van der Waals surface area (Å²) in [6, 6.07) is 6.40. The Labute approximate surface area is 131 Å². The molecule has 0 unspecified atom stereocenters. The van der Waals surface area contributed by atoms with E-state index in [1.165, 1.54) is 6.07 Å². The van der Waals surface area contributed by atoms with Crippen molar-refractivity contribution in [1.82, 2.24) is 9.80 Å². The van der Waals surface area contributed by atoms with Crippen molar-refractivity contribution in [1.29, 1.82) is 0 Å². The van der Waals surface area contributed by atoms with E-state index >= 15 is 0 Å². The van der Waals surface area contributed by atoms with Crippen LogP contribution < -0.4 is 0 Å². The summed E-state index contributed by atoms with van der Waals surface area (Å²) in [5.41, 5.74) is 0.488. The Morgan fingerprint density at radius 3 is 2.50 bits per heavy atom. The fourth-order valence-corrected chi connectivity index (χ4v) is 2.67. The predicted octanol–water partition coefficient (Wildman–Crippen LogP) is 2.11. The second kappa shape index (κ2) is 7.29. The second-order valence-electron chi connectivity index (χ2n) is 6.17. The van der Waals surface area contributed by atoms with Gasteiger partial charge in [0.2, 0.25) is 5.91 Å². The normalized spacial score (nSPS) is 15.8. The molecule has 1 saturated heterocycles. The smallest absolute Gasteiger partial charge is 0.254 e. The number of phenols is 1. The number of hydrogen-bond acceptors (Lipinski definition) is 3. The van der Waals surface area contributed by atoms with E-state index in [-0.39, 0.29) is 17.6 Å². The maximum Gasteiger partial charge on any atom is 0.254 e. The third-order valence-corrected chi connectivity index (χ3v) is 3.81. The summed E-state index contributed by atoms with van der Waals surface area (Å²) >= 11 is 0. The van der Waals surface area contributed by atoms with Crippen LogP contribution in [0.2, 0.25) is 0 Å². The summed E-state index contributed by atoms with van der Waals surface area (Å²) < 4.78 is 0. The summed E-state index contributed by atoms with van der Waals surface area (Å²) in [6.45, 7) is 6.53. The first-order valence-electron chi connectivity index (χ1n) is 7.83. The van der Waals surface area contributed by atoms with Gasteiger partial charge >= 0.3 is 0 Å². The van der Waals surface area contributed by atoms with Crippen LogP contribution >= 0.6 is 0 Å². The maximum atomic E-state index is 12.5. The van der Waals surface area contributed by atoms with Gasteiger partial charge in [-0.2, -0.15) is 0 Å². The summed E-state index contributed by atoms with van der Waals surface area (Å²) in [7, 11) is 0. The molecule has 1 heterocycles. The van der Waals surface area contributed by atoms with Crippen molar-refractivity contribution in [2.75, 3.05) is 26.2 Å². The molecule has 5 nitrogen and oxygen atoms in total. The monoisotopic (exact) mass is 304 g/mol. The first-order chi connectivity index (χ1) is 10.5. The second-order valence-corrected chi connectivity index (χ2v) is 6.17. The highest BCUT2D eigenvalue weighted by Crippen LogP contribution is 2.15. The molecule has 0 aliphatic carbocycles. The number of hydrogen-bond donors (Lipinski definition) is 1. The Balaban J connectivity index is 1.98. The third kappa shape index (κ3) is 4.23. The molecular formula is C17H24N2O3. The molecule has 2 rings (SSSR count). The van der Waals surface area contributed by atoms with E-state index in [1.54, 1.807) is 23.1 Å². The molecule has 0 saturated carbocycles. The van der Waals surface area contributed by atoms with Gasteiger partial charge in [0.25, 0.3) is 5.91 Å². The van der Waals surface area contributed by atoms with E-state index < -0.39 is 0 Å². The van der Waals surface area contributed by atoms with E-state index in [0.717, 1.165) is 6.42 Å². The Kier molecular flexibility index (Phi) is 5.41. The fourth-order valence-electron chi connectivity index (χ4n) is 2.67. The number of rotatable bonds is 3. The van der Waals surface area contributed by atoms with Gasteiger partial charge in [-0.1, -0.05) is 19.9 Å². The van der Waals surface area contributed by atoms with Crippen LogP contribution in [0.1, 0.15) is 37.0 Å². The lowest BCUT2D eigenvalue weighted by atomic mass is 10.1. The highest BCUT2D eigenvalue weighted by Gasteiger charge is 2.23. The van der Waals surface area contributed by atoms with Gasteiger partial charge in [-0.05, 0) is 30.5 Å². The van der Waals surface area contributed by atoms with Crippen molar-refractivity contribution in [3.05, 3.63) is 29.8 Å². The van der Waals surface area contributed by atoms with Gasteiger partial charge in [0.05, 0.1) is 0 Å². The van der Waals surface area contributed by atoms with E-state index in [4.69, 9.17) is 0 Å². The topological polar surface area (TPSA) is 60.9 Å². The average Bonchev–Trinajstić information content (AvgIpc) is 2.71. The van der Waals surface area contributed by atoms with Crippen molar-refractivity contribution in [3.63, 3.8) is 0 Å². The summed E-state index contributed by atoms with van der Waals surface area (Å²) in [5.74, 6) is 0.519. The molecule has 2 amide bonds. The molecule has 1 aliphatic heterocycles. The van der Waals surface area contributed by atoms with Gasteiger partial charge in [-0.3, -0.25) is 9.59 Å². The van der Waals surface area contributed by atoms with E-state index in [1.807, 2.05) is 18.7 Å². The standard InChI is InChI=1S/C17H24N2O3/c1-13(2)11-16(21)18-7-4-8-19(10-9-18)17(22)14-5-3-6-15(20)12-14/h3,5-6,12-13,20H,4,7-11H2,1-2H3. The fraction of sp³-hybridized carbons (Fsp3) is 0.529. The van der Waals surface area contributed by atoms with Gasteiger partial charge in [-0.25, -0.2) is 0 Å². The Morgan fingerprint density at radius 1 is 1.14 bits per heavy atom. The van der Waals surface area contributed by atoms with Gasteiger partial charge < -0.3 is 14.9 Å². The number of aromatic hydroxyl groups is 1. The number of nitrogens with zero attached hydrogens (tertiary/aromatic N) is 2. The van der Waals surface area contributed by atoms with Gasteiger partial charge in [-0.15, -0.1) is 0 Å². The summed E-state index contributed by atoms with van der Waals surface area (Å²) in [5, 5.41) is 9.49. The van der Waals surface area contributed by atoms with Crippen LogP contribution in [0.5, 0.6) is 5.75 Å². The Hall–Kier alpha value is -2.04. The molecule has 0 spiro atoms. The zero-order valence-electron chi connectivity index (χ0n) is 13.3. The van der Waals surface area contributed by atoms with E-state index in [9.17, 15) is 14.7 Å². The molecule has 1 aromatic rings. The molecule has 1 fully saturated rings. The lowest BCUT2D eigenvalue weighted by Crippen LogP contribution is -2.37. The minimum Gasteiger partial charge on any atom is -0.508 e. The zero-order valence-corrected chi connectivity index (χ0v) is 13.3. The minimum absolute atomic E-state index is 0.0888. The first-order valence-corrected chi connectivity index (χ1v) is 7.83. The van der Waals surface area contributed by atoms with Crippen LogP contribution in [0, 0.1) is 5.92 Å². The number of amides is 2. The Morgan fingerprint density at radius 2 is 1.82 bits per heavy atom.